The van der Waals surface area contributed by atoms with Gasteiger partial charge in [0.1, 0.15) is 24.4 Å². The number of hydrogen-bond acceptors (Lipinski definition) is 8. The van der Waals surface area contributed by atoms with Gasteiger partial charge in [-0.05, 0) is 51.4 Å². The zero-order valence-electron chi connectivity index (χ0n) is 31.6. The van der Waals surface area contributed by atoms with E-state index in [1.165, 1.54) is 83.5 Å². The first-order valence-corrected chi connectivity index (χ1v) is 20.2. The van der Waals surface area contributed by atoms with Gasteiger partial charge in [-0.2, -0.15) is 0 Å². The van der Waals surface area contributed by atoms with Crippen LogP contribution in [-0.4, -0.2) is 87.5 Å². The van der Waals surface area contributed by atoms with Crippen LogP contribution in [0, 0.1) is 0 Å². The summed E-state index contributed by atoms with van der Waals surface area (Å²) < 4.78 is 11.1. The maximum Gasteiger partial charge on any atom is 0.220 e. The Bertz CT molecular complexity index is 879. The van der Waals surface area contributed by atoms with Crippen molar-refractivity contribution in [3.8, 4) is 0 Å². The predicted molar refractivity (Wildman–Crippen MR) is 203 cm³/mol. The average molecular weight is 710 g/mol. The lowest BCUT2D eigenvalue weighted by molar-refractivity contribution is -0.302. The van der Waals surface area contributed by atoms with Crippen LogP contribution in [0.2, 0.25) is 0 Å². The van der Waals surface area contributed by atoms with Gasteiger partial charge in [0, 0.05) is 6.42 Å². The Hall–Kier alpha value is -1.59. The Kier molecular flexibility index (Phi) is 29.8. The summed E-state index contributed by atoms with van der Waals surface area (Å²) in [6, 6.07) is -0.802. The molecule has 7 atom stereocenters. The van der Waals surface area contributed by atoms with E-state index in [1.807, 2.05) is 6.08 Å². The van der Waals surface area contributed by atoms with Crippen LogP contribution in [0.25, 0.3) is 0 Å². The number of allylic oxidation sites excluding steroid dienone is 5. The van der Waals surface area contributed by atoms with Gasteiger partial charge in [-0.3, -0.25) is 4.79 Å². The van der Waals surface area contributed by atoms with Gasteiger partial charge < -0.3 is 40.3 Å². The molecule has 0 radical (unpaired) electrons. The molecule has 9 nitrogen and oxygen atoms in total. The van der Waals surface area contributed by atoms with Gasteiger partial charge in [0.15, 0.2) is 6.29 Å². The third kappa shape index (κ3) is 23.1. The van der Waals surface area contributed by atoms with Crippen molar-refractivity contribution in [3.63, 3.8) is 0 Å². The fourth-order valence-corrected chi connectivity index (χ4v) is 6.12. The van der Waals surface area contributed by atoms with Crippen LogP contribution in [-0.2, 0) is 14.3 Å². The van der Waals surface area contributed by atoms with Crippen LogP contribution < -0.4 is 5.32 Å². The first-order valence-electron chi connectivity index (χ1n) is 20.2. The molecule has 0 aromatic heterocycles. The van der Waals surface area contributed by atoms with Gasteiger partial charge in [-0.1, -0.05) is 140 Å². The van der Waals surface area contributed by atoms with E-state index in [1.54, 1.807) is 6.08 Å². The first-order chi connectivity index (χ1) is 24.3. The van der Waals surface area contributed by atoms with Crippen molar-refractivity contribution < 1.29 is 39.8 Å². The lowest BCUT2D eigenvalue weighted by Crippen LogP contribution is -2.60. The van der Waals surface area contributed by atoms with E-state index in [9.17, 15) is 30.3 Å². The minimum absolute atomic E-state index is 0.189. The molecular weight excluding hydrogens is 634 g/mol. The number of carbonyl (C=O) groups is 1. The molecule has 7 unspecified atom stereocenters. The van der Waals surface area contributed by atoms with Gasteiger partial charge in [-0.25, -0.2) is 0 Å². The number of aliphatic hydroxyl groups is 5. The average Bonchev–Trinajstić information content (AvgIpc) is 3.11. The quantitative estimate of drug-likeness (QED) is 0.0314. The third-order valence-corrected chi connectivity index (χ3v) is 9.46. The highest BCUT2D eigenvalue weighted by Crippen LogP contribution is 2.22. The molecule has 9 heteroatoms. The topological polar surface area (TPSA) is 149 Å². The monoisotopic (exact) mass is 710 g/mol. The smallest absolute Gasteiger partial charge is 0.220 e. The van der Waals surface area contributed by atoms with Crippen LogP contribution in [0.5, 0.6) is 0 Å². The number of ether oxygens (including phenoxy) is 2. The van der Waals surface area contributed by atoms with Crippen LogP contribution >= 0.6 is 0 Å². The number of unbranched alkanes of at least 4 members (excludes halogenated alkanes) is 18. The molecule has 1 amide bonds. The van der Waals surface area contributed by atoms with Crippen LogP contribution in [0.4, 0.5) is 0 Å². The third-order valence-electron chi connectivity index (χ3n) is 9.46. The van der Waals surface area contributed by atoms with E-state index in [2.05, 4.69) is 43.5 Å². The Morgan fingerprint density at radius 3 is 1.74 bits per heavy atom. The summed E-state index contributed by atoms with van der Waals surface area (Å²) in [6.07, 6.45) is 30.8. The molecule has 0 aliphatic carbocycles. The molecule has 1 heterocycles. The first kappa shape index (κ1) is 46.4. The Morgan fingerprint density at radius 1 is 0.680 bits per heavy atom. The van der Waals surface area contributed by atoms with Crippen LogP contribution in [0.3, 0.4) is 0 Å². The Balaban J connectivity index is 2.26. The zero-order valence-corrected chi connectivity index (χ0v) is 31.6. The molecule has 1 rings (SSSR count). The minimum Gasteiger partial charge on any atom is -0.394 e. The predicted octanol–water partition coefficient (Wildman–Crippen LogP) is 7.33. The van der Waals surface area contributed by atoms with Gasteiger partial charge in [0.2, 0.25) is 5.91 Å². The molecule has 1 aliphatic heterocycles. The summed E-state index contributed by atoms with van der Waals surface area (Å²) in [7, 11) is 0. The summed E-state index contributed by atoms with van der Waals surface area (Å²) in [6.45, 7) is 3.65. The summed E-state index contributed by atoms with van der Waals surface area (Å²) in [5.41, 5.74) is 0. The molecular formula is C41H75NO8. The summed E-state index contributed by atoms with van der Waals surface area (Å²) in [5, 5.41) is 53.6. The molecule has 0 spiro atoms. The number of rotatable bonds is 32. The summed E-state index contributed by atoms with van der Waals surface area (Å²) >= 11 is 0. The molecule has 50 heavy (non-hydrogen) atoms. The van der Waals surface area contributed by atoms with E-state index in [4.69, 9.17) is 9.47 Å². The molecule has 0 saturated carbocycles. The van der Waals surface area contributed by atoms with Crippen LogP contribution in [0.15, 0.2) is 36.5 Å². The fraction of sp³-hybridized carbons (Fsp3) is 0.829. The molecule has 0 aromatic carbocycles. The van der Waals surface area contributed by atoms with E-state index in [-0.39, 0.29) is 12.5 Å². The van der Waals surface area contributed by atoms with Crippen LogP contribution in [0.1, 0.15) is 162 Å². The van der Waals surface area contributed by atoms with E-state index >= 15 is 0 Å². The van der Waals surface area contributed by atoms with E-state index in [0.717, 1.165) is 57.8 Å². The number of carbonyl (C=O) groups excluding carboxylic acids is 1. The molecule has 1 aliphatic rings. The van der Waals surface area contributed by atoms with E-state index in [0.29, 0.717) is 6.42 Å². The van der Waals surface area contributed by atoms with Crippen molar-refractivity contribution in [2.24, 2.45) is 0 Å². The van der Waals surface area contributed by atoms with Crippen molar-refractivity contribution in [1.29, 1.82) is 0 Å². The minimum atomic E-state index is -1.56. The molecule has 1 fully saturated rings. The van der Waals surface area contributed by atoms with Gasteiger partial charge in [-0.15, -0.1) is 0 Å². The highest BCUT2D eigenvalue weighted by molar-refractivity contribution is 5.76. The van der Waals surface area contributed by atoms with Crippen molar-refractivity contribution >= 4 is 5.91 Å². The maximum absolute atomic E-state index is 12.8. The second kappa shape index (κ2) is 32.1. The second-order valence-corrected chi connectivity index (χ2v) is 14.1. The van der Waals surface area contributed by atoms with Crippen molar-refractivity contribution in [3.05, 3.63) is 36.5 Å². The van der Waals surface area contributed by atoms with Gasteiger partial charge in [0.05, 0.1) is 25.4 Å². The molecule has 6 N–H and O–H groups in total. The Morgan fingerprint density at radius 2 is 1.18 bits per heavy atom. The fourth-order valence-electron chi connectivity index (χ4n) is 6.12. The normalized spacial score (nSPS) is 22.6. The lowest BCUT2D eigenvalue weighted by atomic mass is 9.99. The largest absolute Gasteiger partial charge is 0.394 e. The standard InChI is InChI=1S/C41H75NO8/c1-3-5-7-9-11-12-13-14-15-16-17-18-19-20-21-22-23-24-25-27-29-31-37(45)42-34(35(44)30-28-26-10-8-6-4-2)33-49-41-40(48)39(47)38(46)36(32-43)50-41/h13-14,16-17,28,30,34-36,38-41,43-44,46-48H,3-12,15,18-27,29,31-33H2,1-2H3,(H,42,45)/b14-13-,17-16-,30-28+. The molecule has 1 saturated heterocycles. The number of aliphatic hydroxyl groups excluding tert-OH is 5. The summed E-state index contributed by atoms with van der Waals surface area (Å²) in [4.78, 5) is 12.8. The van der Waals surface area contributed by atoms with Gasteiger partial charge >= 0.3 is 0 Å². The number of amides is 1. The molecule has 0 bridgehead atoms. The number of hydrogen-bond donors (Lipinski definition) is 6. The highest BCUT2D eigenvalue weighted by Gasteiger charge is 2.44. The molecule has 292 valence electrons. The second-order valence-electron chi connectivity index (χ2n) is 14.1. The zero-order chi connectivity index (χ0) is 36.7. The Labute approximate surface area is 304 Å². The maximum atomic E-state index is 12.8. The molecule has 0 aromatic rings. The number of nitrogens with one attached hydrogen (secondary N) is 1. The summed E-state index contributed by atoms with van der Waals surface area (Å²) in [5.74, 6) is -0.189. The van der Waals surface area contributed by atoms with E-state index < -0.39 is 49.5 Å². The lowest BCUT2D eigenvalue weighted by Gasteiger charge is -2.40. The SMILES string of the molecule is CCCCCC/C=C/C(O)C(COC1OC(CO)C(O)C(O)C1O)NC(=O)CCCCCCCCCCC/C=C\C/C=C\CCCCCCC. The van der Waals surface area contributed by atoms with Crippen molar-refractivity contribution in [2.75, 3.05) is 13.2 Å². The highest BCUT2D eigenvalue weighted by atomic mass is 16.7. The van der Waals surface area contributed by atoms with Gasteiger partial charge in [0.25, 0.3) is 0 Å². The van der Waals surface area contributed by atoms with Crippen molar-refractivity contribution in [2.45, 2.75) is 204 Å². The van der Waals surface area contributed by atoms with Crippen molar-refractivity contribution in [1.82, 2.24) is 5.32 Å².